The highest BCUT2D eigenvalue weighted by Gasteiger charge is 2.27. The summed E-state index contributed by atoms with van der Waals surface area (Å²) in [6, 6.07) is 0.197. The Labute approximate surface area is 147 Å². The quantitative estimate of drug-likeness (QED) is 0.441. The number of nitrogens with one attached hydrogen (secondary N) is 2. The molecule has 0 amide bonds. The summed E-state index contributed by atoms with van der Waals surface area (Å²) >= 11 is 0. The van der Waals surface area contributed by atoms with E-state index in [9.17, 15) is 13.5 Å². The molecule has 142 valence electrons. The van der Waals surface area contributed by atoms with E-state index >= 15 is 0 Å². The van der Waals surface area contributed by atoms with Gasteiger partial charge in [0.25, 0.3) is 0 Å². The van der Waals surface area contributed by atoms with Crippen molar-refractivity contribution in [3.8, 4) is 0 Å². The van der Waals surface area contributed by atoms with Gasteiger partial charge in [-0.05, 0) is 39.5 Å². The predicted molar refractivity (Wildman–Crippen MR) is 98.7 cm³/mol. The lowest BCUT2D eigenvalue weighted by Crippen LogP contribution is -2.50. The summed E-state index contributed by atoms with van der Waals surface area (Å²) in [6.07, 6.45) is 2.85. The SMILES string of the molecule is CCNC(=NCC(O)(CC)CC)NC1CCN(S(=O)(=O)CC)CC1. The van der Waals surface area contributed by atoms with E-state index in [-0.39, 0.29) is 11.8 Å². The first-order valence-corrected chi connectivity index (χ1v) is 10.7. The Hall–Kier alpha value is -0.860. The van der Waals surface area contributed by atoms with Crippen LogP contribution in [0.5, 0.6) is 0 Å². The van der Waals surface area contributed by atoms with E-state index in [4.69, 9.17) is 0 Å². The van der Waals surface area contributed by atoms with E-state index in [0.29, 0.717) is 38.4 Å². The van der Waals surface area contributed by atoms with Crippen LogP contribution in [0, 0.1) is 0 Å². The van der Waals surface area contributed by atoms with E-state index < -0.39 is 15.6 Å². The highest BCUT2D eigenvalue weighted by molar-refractivity contribution is 7.89. The number of aliphatic hydroxyl groups is 1. The zero-order chi connectivity index (χ0) is 18.2. The summed E-state index contributed by atoms with van der Waals surface area (Å²) in [6.45, 7) is 9.79. The third-order valence-electron chi connectivity index (χ3n) is 4.74. The summed E-state index contributed by atoms with van der Waals surface area (Å²) in [4.78, 5) is 4.52. The molecular weight excluding hydrogens is 328 g/mol. The molecule has 1 fully saturated rings. The minimum atomic E-state index is -3.09. The van der Waals surface area contributed by atoms with E-state index in [2.05, 4.69) is 15.6 Å². The van der Waals surface area contributed by atoms with E-state index in [1.54, 1.807) is 11.2 Å². The van der Waals surface area contributed by atoms with Crippen molar-refractivity contribution >= 4 is 16.0 Å². The third kappa shape index (κ3) is 6.22. The van der Waals surface area contributed by atoms with E-state index in [1.165, 1.54) is 0 Å². The summed E-state index contributed by atoms with van der Waals surface area (Å²) in [7, 11) is -3.09. The molecule has 24 heavy (non-hydrogen) atoms. The highest BCUT2D eigenvalue weighted by Crippen LogP contribution is 2.16. The Morgan fingerprint density at radius 2 is 1.79 bits per heavy atom. The molecular formula is C16H34N4O3S. The fourth-order valence-corrected chi connectivity index (χ4v) is 3.81. The number of guanidine groups is 1. The van der Waals surface area contributed by atoms with Gasteiger partial charge in [0.05, 0.1) is 17.9 Å². The van der Waals surface area contributed by atoms with Crippen LogP contribution >= 0.6 is 0 Å². The maximum atomic E-state index is 11.9. The molecule has 0 aromatic heterocycles. The molecule has 0 radical (unpaired) electrons. The average molecular weight is 363 g/mol. The number of piperidine rings is 1. The molecule has 0 aromatic carbocycles. The molecule has 8 heteroatoms. The van der Waals surface area contributed by atoms with Gasteiger partial charge in [-0.2, -0.15) is 0 Å². The van der Waals surface area contributed by atoms with Crippen molar-refractivity contribution in [1.82, 2.24) is 14.9 Å². The maximum absolute atomic E-state index is 11.9. The molecule has 7 nitrogen and oxygen atoms in total. The van der Waals surface area contributed by atoms with Crippen LogP contribution in [0.1, 0.15) is 53.4 Å². The second-order valence-corrected chi connectivity index (χ2v) is 8.60. The molecule has 0 unspecified atom stereocenters. The first kappa shape index (κ1) is 21.2. The molecule has 3 N–H and O–H groups in total. The predicted octanol–water partition coefficient (Wildman–Crippen LogP) is 0.907. The van der Waals surface area contributed by atoms with Crippen LogP contribution < -0.4 is 10.6 Å². The summed E-state index contributed by atoms with van der Waals surface area (Å²) < 4.78 is 25.4. The lowest BCUT2D eigenvalue weighted by atomic mass is 9.98. The molecule has 1 aliphatic heterocycles. The zero-order valence-electron chi connectivity index (χ0n) is 15.5. The Balaban J connectivity index is 2.61. The van der Waals surface area contributed by atoms with Gasteiger partial charge in [-0.25, -0.2) is 12.7 Å². The molecule has 1 heterocycles. The molecule has 0 saturated carbocycles. The summed E-state index contributed by atoms with van der Waals surface area (Å²) in [5.74, 6) is 0.844. The van der Waals surface area contributed by atoms with Gasteiger partial charge in [-0.15, -0.1) is 0 Å². The number of hydrogen-bond acceptors (Lipinski definition) is 4. The molecule has 0 bridgehead atoms. The number of rotatable bonds is 8. The lowest BCUT2D eigenvalue weighted by Gasteiger charge is -2.32. The van der Waals surface area contributed by atoms with Gasteiger partial charge in [-0.3, -0.25) is 4.99 Å². The van der Waals surface area contributed by atoms with Gasteiger partial charge < -0.3 is 15.7 Å². The summed E-state index contributed by atoms with van der Waals surface area (Å²) in [5.41, 5.74) is -0.763. The van der Waals surface area contributed by atoms with Crippen LogP contribution in [0.2, 0.25) is 0 Å². The Morgan fingerprint density at radius 3 is 2.25 bits per heavy atom. The van der Waals surface area contributed by atoms with Crippen molar-refractivity contribution in [2.24, 2.45) is 4.99 Å². The smallest absolute Gasteiger partial charge is 0.213 e. The van der Waals surface area contributed by atoms with Crippen molar-refractivity contribution < 1.29 is 13.5 Å². The van der Waals surface area contributed by atoms with E-state index in [0.717, 1.165) is 19.4 Å². The first-order chi connectivity index (χ1) is 11.3. The molecule has 1 saturated heterocycles. The first-order valence-electron chi connectivity index (χ1n) is 9.05. The van der Waals surface area contributed by atoms with Crippen LogP contribution in [0.25, 0.3) is 0 Å². The van der Waals surface area contributed by atoms with Gasteiger partial charge in [-0.1, -0.05) is 13.8 Å². The molecule has 0 aliphatic carbocycles. The molecule has 0 spiro atoms. The summed E-state index contributed by atoms with van der Waals surface area (Å²) in [5, 5.41) is 16.9. The van der Waals surface area contributed by atoms with Crippen LogP contribution in [0.3, 0.4) is 0 Å². The van der Waals surface area contributed by atoms with Gasteiger partial charge in [0, 0.05) is 25.7 Å². The van der Waals surface area contributed by atoms with Crippen LogP contribution in [0.15, 0.2) is 4.99 Å². The third-order valence-corrected chi connectivity index (χ3v) is 6.63. The molecule has 1 rings (SSSR count). The largest absolute Gasteiger partial charge is 0.388 e. The zero-order valence-corrected chi connectivity index (χ0v) is 16.3. The standard InChI is InChI=1S/C16H34N4O3S/c1-5-16(21,6-2)13-18-15(17-7-3)19-14-9-11-20(12-10-14)24(22,23)8-4/h14,21H,5-13H2,1-4H3,(H2,17,18,19). The maximum Gasteiger partial charge on any atom is 0.213 e. The molecule has 1 aliphatic rings. The van der Waals surface area contributed by atoms with Crippen molar-refractivity contribution in [3.05, 3.63) is 0 Å². The van der Waals surface area contributed by atoms with Crippen LogP contribution in [0.4, 0.5) is 0 Å². The van der Waals surface area contributed by atoms with Crippen LogP contribution in [-0.2, 0) is 10.0 Å². The van der Waals surface area contributed by atoms with Gasteiger partial charge in [0.1, 0.15) is 0 Å². The van der Waals surface area contributed by atoms with Gasteiger partial charge in [0.15, 0.2) is 5.96 Å². The normalized spacial score (nSPS) is 18.6. The van der Waals surface area contributed by atoms with Crippen molar-refractivity contribution in [2.75, 3.05) is 31.9 Å². The minimum absolute atomic E-state index is 0.155. The topological polar surface area (TPSA) is 94.0 Å². The monoisotopic (exact) mass is 362 g/mol. The van der Waals surface area contributed by atoms with Gasteiger partial charge >= 0.3 is 0 Å². The average Bonchev–Trinajstić information content (AvgIpc) is 2.60. The minimum Gasteiger partial charge on any atom is -0.388 e. The Bertz CT molecular complexity index is 495. The Kier molecular flexibility index (Phi) is 8.45. The van der Waals surface area contributed by atoms with Gasteiger partial charge in [0.2, 0.25) is 10.0 Å². The fraction of sp³-hybridized carbons (Fsp3) is 0.938. The fourth-order valence-electron chi connectivity index (χ4n) is 2.67. The number of aliphatic imine (C=N–C) groups is 1. The second kappa shape index (κ2) is 9.58. The van der Waals surface area contributed by atoms with Crippen molar-refractivity contribution in [2.45, 2.75) is 65.0 Å². The van der Waals surface area contributed by atoms with Crippen molar-refractivity contribution in [1.29, 1.82) is 0 Å². The second-order valence-electron chi connectivity index (χ2n) is 6.34. The molecule has 0 aromatic rings. The number of hydrogen-bond donors (Lipinski definition) is 3. The van der Waals surface area contributed by atoms with Crippen molar-refractivity contribution in [3.63, 3.8) is 0 Å². The number of nitrogens with zero attached hydrogens (tertiary/aromatic N) is 2. The number of sulfonamides is 1. The van der Waals surface area contributed by atoms with E-state index in [1.807, 2.05) is 20.8 Å². The van der Waals surface area contributed by atoms with Crippen LogP contribution in [-0.4, -0.2) is 67.4 Å². The molecule has 0 atom stereocenters. The lowest BCUT2D eigenvalue weighted by molar-refractivity contribution is 0.0417. The highest BCUT2D eigenvalue weighted by atomic mass is 32.2. The Morgan fingerprint density at radius 1 is 1.21 bits per heavy atom.